The molecule has 2 aromatic rings. The number of aliphatic carboxylic acids is 1. The van der Waals surface area contributed by atoms with Crippen molar-refractivity contribution >= 4 is 28.3 Å². The highest BCUT2D eigenvalue weighted by molar-refractivity contribution is 6.37. The van der Waals surface area contributed by atoms with Gasteiger partial charge in [-0.05, 0) is 87.0 Å². The molecule has 4 rings (SSSR count). The van der Waals surface area contributed by atoms with Crippen molar-refractivity contribution in [3.8, 4) is 5.75 Å². The van der Waals surface area contributed by atoms with E-state index in [1.807, 2.05) is 6.07 Å². The van der Waals surface area contributed by atoms with Crippen molar-refractivity contribution in [1.82, 2.24) is 4.90 Å². The van der Waals surface area contributed by atoms with E-state index in [9.17, 15) is 9.90 Å². The molecule has 2 aliphatic rings. The summed E-state index contributed by atoms with van der Waals surface area (Å²) in [5.74, 6) is 0.774. The number of halogens is 1. The fraction of sp³-hybridized carbons (Fsp3) is 0.593. The minimum atomic E-state index is -0.661. The van der Waals surface area contributed by atoms with Crippen LogP contribution in [0.2, 0.25) is 5.02 Å². The summed E-state index contributed by atoms with van der Waals surface area (Å²) in [6, 6.07) is 11.0. The predicted molar refractivity (Wildman–Crippen MR) is 131 cm³/mol. The molecule has 0 spiro atoms. The maximum absolute atomic E-state index is 11.3. The zero-order valence-corrected chi connectivity index (χ0v) is 20.1. The van der Waals surface area contributed by atoms with E-state index in [2.05, 4.69) is 43.0 Å². The van der Waals surface area contributed by atoms with Crippen LogP contribution in [0.3, 0.4) is 0 Å². The van der Waals surface area contributed by atoms with Gasteiger partial charge in [-0.15, -0.1) is 0 Å². The first-order valence-corrected chi connectivity index (χ1v) is 12.7. The first-order valence-electron chi connectivity index (χ1n) is 12.4. The van der Waals surface area contributed by atoms with Gasteiger partial charge in [0.1, 0.15) is 5.75 Å². The number of carbonyl (C=O) groups is 1. The number of fused-ring (bicyclic) bond motifs is 1. The summed E-state index contributed by atoms with van der Waals surface area (Å²) < 4.78 is 6.37. The van der Waals surface area contributed by atoms with Gasteiger partial charge >= 0.3 is 5.97 Å². The van der Waals surface area contributed by atoms with Crippen molar-refractivity contribution in [3.63, 3.8) is 0 Å². The van der Waals surface area contributed by atoms with Gasteiger partial charge in [-0.1, -0.05) is 50.1 Å². The molecule has 1 unspecified atom stereocenters. The molecule has 0 aromatic heterocycles. The van der Waals surface area contributed by atoms with Crippen LogP contribution in [0.25, 0.3) is 10.8 Å². The Balaban J connectivity index is 1.52. The molecule has 2 fully saturated rings. The van der Waals surface area contributed by atoms with Gasteiger partial charge in [-0.2, -0.15) is 0 Å². The average molecular weight is 458 g/mol. The lowest BCUT2D eigenvalue weighted by Gasteiger charge is -2.36. The van der Waals surface area contributed by atoms with Gasteiger partial charge in [-0.3, -0.25) is 9.69 Å². The monoisotopic (exact) mass is 457 g/mol. The highest BCUT2D eigenvalue weighted by Crippen LogP contribution is 2.38. The van der Waals surface area contributed by atoms with E-state index >= 15 is 0 Å². The average Bonchev–Trinajstić information content (AvgIpc) is 2.82. The number of ether oxygens (including phenoxy) is 1. The first kappa shape index (κ1) is 23.4. The van der Waals surface area contributed by atoms with Crippen LogP contribution >= 0.6 is 11.6 Å². The Bertz CT molecular complexity index is 930. The second-order valence-electron chi connectivity index (χ2n) is 9.60. The molecule has 5 heteroatoms. The van der Waals surface area contributed by atoms with Crippen molar-refractivity contribution in [2.45, 2.75) is 77.4 Å². The van der Waals surface area contributed by atoms with Crippen LogP contribution in [0.1, 0.15) is 76.8 Å². The topological polar surface area (TPSA) is 49.8 Å². The summed E-state index contributed by atoms with van der Waals surface area (Å²) in [6.07, 6.45) is 8.65. The third kappa shape index (κ3) is 5.07. The molecule has 1 atom stereocenters. The van der Waals surface area contributed by atoms with E-state index in [1.54, 1.807) is 0 Å². The molecule has 1 N–H and O–H groups in total. The third-order valence-corrected chi connectivity index (χ3v) is 8.09. The Kier molecular flexibility index (Phi) is 7.63. The zero-order chi connectivity index (χ0) is 22.7. The van der Waals surface area contributed by atoms with E-state index in [-0.39, 0.29) is 18.1 Å². The van der Waals surface area contributed by atoms with E-state index in [4.69, 9.17) is 16.3 Å². The van der Waals surface area contributed by atoms with Gasteiger partial charge in [-0.25, -0.2) is 0 Å². The smallest absolute Gasteiger partial charge is 0.306 e. The van der Waals surface area contributed by atoms with Crippen LogP contribution in [-0.4, -0.2) is 35.2 Å². The number of likely N-dealkylation sites (tertiary alicyclic amines) is 1. The number of rotatable bonds is 7. The number of hydrogen-bond acceptors (Lipinski definition) is 3. The molecule has 2 aromatic carbocycles. The molecular formula is C27H36ClNO3. The van der Waals surface area contributed by atoms with Crippen LogP contribution < -0.4 is 4.74 Å². The fourth-order valence-electron chi connectivity index (χ4n) is 5.58. The summed E-state index contributed by atoms with van der Waals surface area (Å²) in [6.45, 7) is 6.13. The predicted octanol–water partition coefficient (Wildman–Crippen LogP) is 7.09. The lowest BCUT2D eigenvalue weighted by Crippen LogP contribution is -2.38. The zero-order valence-electron chi connectivity index (χ0n) is 19.4. The van der Waals surface area contributed by atoms with Gasteiger partial charge in [0.05, 0.1) is 17.0 Å². The van der Waals surface area contributed by atoms with E-state index in [0.717, 1.165) is 67.6 Å². The van der Waals surface area contributed by atoms with Crippen molar-refractivity contribution in [2.75, 3.05) is 13.1 Å². The lowest BCUT2D eigenvalue weighted by molar-refractivity contribution is -0.143. The van der Waals surface area contributed by atoms with Gasteiger partial charge in [0.25, 0.3) is 0 Å². The standard InChI is InChI=1S/C27H36ClNO3/c1-3-18-5-10-22(11-6-18)32-25-12-9-19-7-8-21(17-23(19)26(25)28)24(4-2)29-15-13-20(14-16-29)27(30)31/h7-9,12,17-18,20,22,24H,3-6,10-11,13-16H2,1-2H3,(H,30,31). The summed E-state index contributed by atoms with van der Waals surface area (Å²) >= 11 is 6.87. The molecule has 1 aliphatic carbocycles. The van der Waals surface area contributed by atoms with Gasteiger partial charge in [0.15, 0.2) is 0 Å². The molecular weight excluding hydrogens is 422 g/mol. The molecule has 174 valence electrons. The number of hydrogen-bond donors (Lipinski definition) is 1. The highest BCUT2D eigenvalue weighted by atomic mass is 35.5. The number of nitrogens with zero attached hydrogens (tertiary/aromatic N) is 1. The Hall–Kier alpha value is -1.78. The number of carboxylic acids is 1. The molecule has 32 heavy (non-hydrogen) atoms. The van der Waals surface area contributed by atoms with Crippen molar-refractivity contribution in [3.05, 3.63) is 40.9 Å². The Morgan fingerprint density at radius 1 is 1.09 bits per heavy atom. The van der Waals surface area contributed by atoms with Crippen LogP contribution in [0, 0.1) is 11.8 Å². The summed E-state index contributed by atoms with van der Waals surface area (Å²) in [5.41, 5.74) is 1.25. The second-order valence-corrected chi connectivity index (χ2v) is 9.98. The summed E-state index contributed by atoms with van der Waals surface area (Å²) in [7, 11) is 0. The largest absolute Gasteiger partial charge is 0.489 e. The maximum Gasteiger partial charge on any atom is 0.306 e. The van der Waals surface area contributed by atoms with Crippen molar-refractivity contribution in [1.29, 1.82) is 0 Å². The minimum absolute atomic E-state index is 0.207. The number of benzene rings is 2. The Morgan fingerprint density at radius 2 is 1.78 bits per heavy atom. The molecule has 0 radical (unpaired) electrons. The van der Waals surface area contributed by atoms with Gasteiger partial charge in [0.2, 0.25) is 0 Å². The van der Waals surface area contributed by atoms with Crippen LogP contribution in [0.15, 0.2) is 30.3 Å². The SMILES string of the molecule is CCC1CCC(Oc2ccc3ccc(C(CC)N4CCC(C(=O)O)CC4)cc3c2Cl)CC1. The van der Waals surface area contributed by atoms with E-state index in [1.165, 1.54) is 24.8 Å². The quantitative estimate of drug-likeness (QED) is 0.482. The van der Waals surface area contributed by atoms with Gasteiger partial charge in [0, 0.05) is 11.4 Å². The molecule has 1 saturated heterocycles. The van der Waals surface area contributed by atoms with E-state index in [0.29, 0.717) is 5.02 Å². The summed E-state index contributed by atoms with van der Waals surface area (Å²) in [4.78, 5) is 13.7. The van der Waals surface area contributed by atoms with Gasteiger partial charge < -0.3 is 9.84 Å². The van der Waals surface area contributed by atoms with Crippen molar-refractivity contribution in [2.24, 2.45) is 11.8 Å². The normalized spacial score (nSPS) is 23.8. The molecule has 1 saturated carbocycles. The third-order valence-electron chi connectivity index (χ3n) is 7.70. The number of carboxylic acid groups (broad SMARTS) is 1. The Morgan fingerprint density at radius 3 is 2.41 bits per heavy atom. The minimum Gasteiger partial charge on any atom is -0.489 e. The first-order chi connectivity index (χ1) is 15.5. The van der Waals surface area contributed by atoms with Crippen molar-refractivity contribution < 1.29 is 14.6 Å². The highest BCUT2D eigenvalue weighted by Gasteiger charge is 2.29. The number of piperidine rings is 1. The molecule has 1 heterocycles. The fourth-order valence-corrected chi connectivity index (χ4v) is 5.85. The van der Waals surface area contributed by atoms with Crippen LogP contribution in [0.5, 0.6) is 5.75 Å². The van der Waals surface area contributed by atoms with Crippen LogP contribution in [-0.2, 0) is 4.79 Å². The molecule has 0 bridgehead atoms. The molecule has 0 amide bonds. The van der Waals surface area contributed by atoms with E-state index < -0.39 is 5.97 Å². The lowest BCUT2D eigenvalue weighted by atomic mass is 9.86. The summed E-state index contributed by atoms with van der Waals surface area (Å²) in [5, 5.41) is 12.2. The van der Waals surface area contributed by atoms with Crippen LogP contribution in [0.4, 0.5) is 0 Å². The maximum atomic E-state index is 11.3. The molecule has 4 nitrogen and oxygen atoms in total. The Labute approximate surface area is 196 Å². The molecule has 1 aliphatic heterocycles. The second kappa shape index (κ2) is 10.4.